The van der Waals surface area contributed by atoms with Gasteiger partial charge >= 0.3 is 0 Å². The van der Waals surface area contributed by atoms with Crippen molar-refractivity contribution in [3.63, 3.8) is 0 Å². The maximum absolute atomic E-state index is 10.4. The lowest BCUT2D eigenvalue weighted by molar-refractivity contribution is -0.0666. The summed E-state index contributed by atoms with van der Waals surface area (Å²) in [5.74, 6) is 2.92. The van der Waals surface area contributed by atoms with E-state index in [9.17, 15) is 5.11 Å². The van der Waals surface area contributed by atoms with E-state index in [4.69, 9.17) is 11.2 Å². The van der Waals surface area contributed by atoms with Gasteiger partial charge in [0.05, 0.1) is 12.2 Å². The molecule has 0 aromatic heterocycles. The van der Waals surface area contributed by atoms with Crippen LogP contribution in [0.25, 0.3) is 0 Å². The average Bonchev–Trinajstić information content (AvgIpc) is 2.92. The molecule has 1 saturated carbocycles. The highest BCUT2D eigenvalue weighted by Gasteiger charge is 2.51. The molecular weight excluding hydrogens is 164 g/mol. The van der Waals surface area contributed by atoms with E-state index < -0.39 is 5.60 Å². The minimum absolute atomic E-state index is 0.0751. The molecule has 2 heteroatoms. The normalized spacial score (nSPS) is 44.0. The lowest BCUT2D eigenvalue weighted by atomic mass is 9.72. The second-order valence-corrected chi connectivity index (χ2v) is 4.16. The molecule has 2 rings (SSSR count). The zero-order chi connectivity index (χ0) is 9.31. The first-order valence-electron chi connectivity index (χ1n) is 5.05. The summed E-state index contributed by atoms with van der Waals surface area (Å²) in [6.07, 6.45) is 10.3. The van der Waals surface area contributed by atoms with E-state index in [1.165, 1.54) is 6.42 Å². The molecule has 2 nitrogen and oxygen atoms in total. The van der Waals surface area contributed by atoms with E-state index in [1.54, 1.807) is 0 Å². The number of aliphatic hydroxyl groups is 1. The number of rotatable bonds is 2. The van der Waals surface area contributed by atoms with Crippen LogP contribution in [0.5, 0.6) is 0 Å². The Bertz CT molecular complexity index is 227. The topological polar surface area (TPSA) is 32.8 Å². The van der Waals surface area contributed by atoms with Crippen LogP contribution in [0, 0.1) is 18.3 Å². The highest BCUT2D eigenvalue weighted by atomic mass is 16.6. The molecule has 1 N–H and O–H groups in total. The summed E-state index contributed by atoms with van der Waals surface area (Å²) in [4.78, 5) is 0. The standard InChI is InChI=1S/C11H16O2/c1-2-5-9-6-3-4-7-11(9,12)10-8-13-10/h1,9-10,12H,3-8H2/t9-,10-,11+/m1/s1. The van der Waals surface area contributed by atoms with Gasteiger partial charge in [0.25, 0.3) is 0 Å². The SMILES string of the molecule is C#CC[C@@H]1CCCC[C@@]1(O)[C@H]1CO1. The minimum atomic E-state index is -0.607. The maximum Gasteiger partial charge on any atom is 0.110 e. The molecule has 0 amide bonds. The first-order chi connectivity index (χ1) is 6.27. The third-order valence-corrected chi connectivity index (χ3v) is 3.34. The number of ether oxygens (including phenoxy) is 1. The third-order valence-electron chi connectivity index (χ3n) is 3.34. The Labute approximate surface area is 79.3 Å². The summed E-state index contributed by atoms with van der Waals surface area (Å²) in [6.45, 7) is 0.720. The number of hydrogen-bond acceptors (Lipinski definition) is 2. The van der Waals surface area contributed by atoms with Crippen LogP contribution in [0.15, 0.2) is 0 Å². The summed E-state index contributed by atoms with van der Waals surface area (Å²) >= 11 is 0. The number of terminal acetylenes is 1. The Kier molecular flexibility index (Phi) is 2.31. The predicted molar refractivity (Wildman–Crippen MR) is 50.1 cm³/mol. The predicted octanol–water partition coefficient (Wildman–Crippen LogP) is 1.33. The number of epoxide rings is 1. The van der Waals surface area contributed by atoms with Crippen molar-refractivity contribution in [3.8, 4) is 12.3 Å². The molecule has 3 atom stereocenters. The smallest absolute Gasteiger partial charge is 0.110 e. The van der Waals surface area contributed by atoms with Crippen molar-refractivity contribution >= 4 is 0 Å². The van der Waals surface area contributed by atoms with Gasteiger partial charge in [0.2, 0.25) is 0 Å². The van der Waals surface area contributed by atoms with Gasteiger partial charge in [0.1, 0.15) is 6.10 Å². The van der Waals surface area contributed by atoms with Crippen LogP contribution in [0.2, 0.25) is 0 Å². The molecule has 0 aromatic rings. The van der Waals surface area contributed by atoms with Crippen LogP contribution in [-0.4, -0.2) is 23.4 Å². The molecule has 2 aliphatic rings. The van der Waals surface area contributed by atoms with Gasteiger partial charge in [-0.25, -0.2) is 0 Å². The maximum atomic E-state index is 10.4. The molecule has 72 valence electrons. The molecular formula is C11H16O2. The zero-order valence-corrected chi connectivity index (χ0v) is 7.83. The number of hydrogen-bond donors (Lipinski definition) is 1. The van der Waals surface area contributed by atoms with E-state index in [0.717, 1.165) is 25.9 Å². The van der Waals surface area contributed by atoms with Crippen molar-refractivity contribution in [2.45, 2.75) is 43.8 Å². The summed E-state index contributed by atoms with van der Waals surface area (Å²) < 4.78 is 5.21. The monoisotopic (exact) mass is 180 g/mol. The van der Waals surface area contributed by atoms with Crippen molar-refractivity contribution in [1.29, 1.82) is 0 Å². The molecule has 0 unspecified atom stereocenters. The molecule has 0 spiro atoms. The van der Waals surface area contributed by atoms with Gasteiger partial charge in [-0.3, -0.25) is 0 Å². The van der Waals surface area contributed by atoms with Crippen LogP contribution in [0.1, 0.15) is 32.1 Å². The van der Waals surface area contributed by atoms with Crippen molar-refractivity contribution in [1.82, 2.24) is 0 Å². The van der Waals surface area contributed by atoms with Crippen molar-refractivity contribution in [2.75, 3.05) is 6.61 Å². The molecule has 0 aromatic carbocycles. The molecule has 13 heavy (non-hydrogen) atoms. The highest BCUT2D eigenvalue weighted by molar-refractivity contribution is 5.04. The van der Waals surface area contributed by atoms with Crippen molar-refractivity contribution < 1.29 is 9.84 Å². The highest BCUT2D eigenvalue weighted by Crippen LogP contribution is 2.42. The van der Waals surface area contributed by atoms with Gasteiger partial charge in [-0.15, -0.1) is 12.3 Å². The summed E-state index contributed by atoms with van der Waals surface area (Å²) in [7, 11) is 0. The van der Waals surface area contributed by atoms with E-state index in [0.29, 0.717) is 6.42 Å². The van der Waals surface area contributed by atoms with Crippen LogP contribution >= 0.6 is 0 Å². The first-order valence-corrected chi connectivity index (χ1v) is 5.05. The summed E-state index contributed by atoms with van der Waals surface area (Å²) in [5, 5.41) is 10.4. The van der Waals surface area contributed by atoms with E-state index >= 15 is 0 Å². The minimum Gasteiger partial charge on any atom is -0.387 e. The summed E-state index contributed by atoms with van der Waals surface area (Å²) in [6, 6.07) is 0. The fraction of sp³-hybridized carbons (Fsp3) is 0.818. The molecule has 1 aliphatic heterocycles. The molecule has 1 saturated heterocycles. The van der Waals surface area contributed by atoms with Crippen molar-refractivity contribution in [2.24, 2.45) is 5.92 Å². The quantitative estimate of drug-likeness (QED) is 0.513. The third kappa shape index (κ3) is 1.59. The van der Waals surface area contributed by atoms with Gasteiger partial charge in [-0.2, -0.15) is 0 Å². The van der Waals surface area contributed by atoms with Crippen LogP contribution in [-0.2, 0) is 4.74 Å². The fourth-order valence-corrected chi connectivity index (χ4v) is 2.43. The molecule has 2 fully saturated rings. The molecule has 0 bridgehead atoms. The second kappa shape index (κ2) is 3.32. The van der Waals surface area contributed by atoms with E-state index in [2.05, 4.69) is 5.92 Å². The van der Waals surface area contributed by atoms with Crippen LogP contribution in [0.4, 0.5) is 0 Å². The van der Waals surface area contributed by atoms with Gasteiger partial charge in [0, 0.05) is 12.3 Å². The Morgan fingerprint density at radius 2 is 2.31 bits per heavy atom. The Morgan fingerprint density at radius 1 is 1.54 bits per heavy atom. The van der Waals surface area contributed by atoms with Gasteiger partial charge in [-0.05, 0) is 12.8 Å². The Balaban J connectivity index is 2.07. The molecule has 1 heterocycles. The first kappa shape index (κ1) is 9.05. The van der Waals surface area contributed by atoms with Gasteiger partial charge in [-0.1, -0.05) is 12.8 Å². The largest absolute Gasteiger partial charge is 0.387 e. The van der Waals surface area contributed by atoms with Crippen LogP contribution < -0.4 is 0 Å². The van der Waals surface area contributed by atoms with Crippen LogP contribution in [0.3, 0.4) is 0 Å². The van der Waals surface area contributed by atoms with Gasteiger partial charge < -0.3 is 9.84 Å². The lowest BCUT2D eigenvalue weighted by Gasteiger charge is -2.38. The lowest BCUT2D eigenvalue weighted by Crippen LogP contribution is -2.45. The van der Waals surface area contributed by atoms with E-state index in [1.807, 2.05) is 0 Å². The Hall–Kier alpha value is -0.520. The van der Waals surface area contributed by atoms with E-state index in [-0.39, 0.29) is 12.0 Å². The fourth-order valence-electron chi connectivity index (χ4n) is 2.43. The average molecular weight is 180 g/mol. The zero-order valence-electron chi connectivity index (χ0n) is 7.83. The second-order valence-electron chi connectivity index (χ2n) is 4.16. The van der Waals surface area contributed by atoms with Gasteiger partial charge in [0.15, 0.2) is 0 Å². The summed E-state index contributed by atoms with van der Waals surface area (Å²) in [5.41, 5.74) is -0.607. The molecule has 0 radical (unpaired) electrons. The van der Waals surface area contributed by atoms with Crippen molar-refractivity contribution in [3.05, 3.63) is 0 Å². The molecule has 1 aliphatic carbocycles. The Morgan fingerprint density at radius 3 is 2.92 bits per heavy atom.